The minimum atomic E-state index is -0.509. The van der Waals surface area contributed by atoms with Crippen molar-refractivity contribution in [2.24, 2.45) is 0 Å². The summed E-state index contributed by atoms with van der Waals surface area (Å²) in [5, 5.41) is 7.58. The molecule has 3 aromatic rings. The summed E-state index contributed by atoms with van der Waals surface area (Å²) >= 11 is 12.8. The highest BCUT2D eigenvalue weighted by molar-refractivity contribution is 6.35. The fourth-order valence-electron chi connectivity index (χ4n) is 5.18. The number of rotatable bonds is 11. The van der Waals surface area contributed by atoms with Gasteiger partial charge in [0, 0.05) is 54.1 Å². The first-order valence-corrected chi connectivity index (χ1v) is 16.7. The van der Waals surface area contributed by atoms with Crippen LogP contribution in [0.5, 0.6) is 0 Å². The number of hydrazine groups is 1. The lowest BCUT2D eigenvalue weighted by Gasteiger charge is -2.26. The predicted molar refractivity (Wildman–Crippen MR) is 183 cm³/mol. The van der Waals surface area contributed by atoms with Gasteiger partial charge in [-0.25, -0.2) is 9.69 Å². The summed E-state index contributed by atoms with van der Waals surface area (Å²) in [6, 6.07) is 12.8. The van der Waals surface area contributed by atoms with Crippen molar-refractivity contribution >= 4 is 41.0 Å². The van der Waals surface area contributed by atoms with E-state index in [0.717, 1.165) is 54.7 Å². The smallest absolute Gasteiger partial charge is 0.306 e. The number of carbonyl (C=O) groups excluding carboxylic acids is 3. The van der Waals surface area contributed by atoms with Gasteiger partial charge in [-0.05, 0) is 83.7 Å². The number of piperidine rings is 1. The Labute approximate surface area is 286 Å². The first kappa shape index (κ1) is 36.0. The molecule has 0 spiro atoms. The number of benzene rings is 2. The van der Waals surface area contributed by atoms with Crippen LogP contribution < -0.4 is 5.43 Å². The Hall–Kier alpha value is -3.84. The van der Waals surface area contributed by atoms with Gasteiger partial charge in [-0.3, -0.25) is 19.8 Å². The van der Waals surface area contributed by atoms with Crippen molar-refractivity contribution in [2.75, 3.05) is 19.7 Å². The van der Waals surface area contributed by atoms with Crippen LogP contribution in [0.15, 0.2) is 42.5 Å². The standard InChI is InChI=1S/C36H42Cl2N4O5/c1-25-33(35(45)40-41-21-9-5-10-22-41)39-42(30-20-19-28(37)24-29(30)38)34(25)27-17-15-26(16-18-27)12-8-11-23-46-31(43)13-6-7-14-32(44)47-36(2,3)4/h15-20,24H,5-7,9-11,13-14,21-23H2,1-4H3,(H,40,45). The molecule has 1 aliphatic heterocycles. The van der Waals surface area contributed by atoms with Gasteiger partial charge >= 0.3 is 11.9 Å². The Morgan fingerprint density at radius 2 is 1.64 bits per heavy atom. The maximum Gasteiger partial charge on any atom is 0.306 e. The summed E-state index contributed by atoms with van der Waals surface area (Å²) in [6.07, 6.45) is 5.28. The third-order valence-electron chi connectivity index (χ3n) is 7.40. The largest absolute Gasteiger partial charge is 0.465 e. The Morgan fingerprint density at radius 3 is 2.30 bits per heavy atom. The molecule has 1 amide bonds. The maximum absolute atomic E-state index is 13.4. The van der Waals surface area contributed by atoms with Crippen molar-refractivity contribution in [3.05, 3.63) is 69.3 Å². The van der Waals surface area contributed by atoms with Crippen molar-refractivity contribution in [2.45, 2.75) is 84.7 Å². The van der Waals surface area contributed by atoms with Crippen LogP contribution in [0, 0.1) is 18.8 Å². The minimum absolute atomic E-state index is 0.193. The number of unbranched alkanes of at least 4 members (excludes halogenated alkanes) is 1. The van der Waals surface area contributed by atoms with Gasteiger partial charge in [0.05, 0.1) is 16.4 Å². The van der Waals surface area contributed by atoms with Crippen molar-refractivity contribution in [1.82, 2.24) is 20.2 Å². The van der Waals surface area contributed by atoms with Gasteiger partial charge in [-0.15, -0.1) is 0 Å². The second-order valence-electron chi connectivity index (χ2n) is 12.5. The summed E-state index contributed by atoms with van der Waals surface area (Å²) in [5.74, 6) is 5.31. The van der Waals surface area contributed by atoms with Crippen molar-refractivity contribution in [1.29, 1.82) is 0 Å². The highest BCUT2D eigenvalue weighted by atomic mass is 35.5. The normalized spacial score (nSPS) is 13.4. The number of hydrogen-bond acceptors (Lipinski definition) is 7. The van der Waals surface area contributed by atoms with E-state index >= 15 is 0 Å². The number of nitrogens with one attached hydrogen (secondary N) is 1. The number of hydrogen-bond donors (Lipinski definition) is 1. The molecule has 0 bridgehead atoms. The average molecular weight is 682 g/mol. The molecule has 1 N–H and O–H groups in total. The maximum atomic E-state index is 13.4. The quantitative estimate of drug-likeness (QED) is 0.127. The summed E-state index contributed by atoms with van der Waals surface area (Å²) in [6.45, 7) is 9.17. The molecule has 0 saturated carbocycles. The number of aromatic nitrogens is 2. The second kappa shape index (κ2) is 16.8. The van der Waals surface area contributed by atoms with Gasteiger partial charge < -0.3 is 9.47 Å². The zero-order valence-electron chi connectivity index (χ0n) is 27.5. The first-order valence-electron chi connectivity index (χ1n) is 16.0. The molecule has 11 heteroatoms. The van der Waals surface area contributed by atoms with Crippen LogP contribution in [0.3, 0.4) is 0 Å². The second-order valence-corrected chi connectivity index (χ2v) is 13.3. The van der Waals surface area contributed by atoms with E-state index in [1.807, 2.05) is 57.0 Å². The van der Waals surface area contributed by atoms with E-state index in [1.54, 1.807) is 22.9 Å². The Balaban J connectivity index is 1.38. The van der Waals surface area contributed by atoms with Crippen LogP contribution in [-0.4, -0.2) is 57.9 Å². The van der Waals surface area contributed by atoms with E-state index in [-0.39, 0.29) is 37.3 Å². The van der Waals surface area contributed by atoms with Crippen LogP contribution in [0.1, 0.15) is 93.8 Å². The topological polar surface area (TPSA) is 103 Å². The molecule has 47 heavy (non-hydrogen) atoms. The fraction of sp³-hybridized carbons (Fsp3) is 0.444. The highest BCUT2D eigenvalue weighted by Crippen LogP contribution is 2.33. The van der Waals surface area contributed by atoms with E-state index in [9.17, 15) is 14.4 Å². The SMILES string of the molecule is Cc1c(C(=O)NN2CCCCC2)nn(-c2ccc(Cl)cc2Cl)c1-c1ccc(C#CCCOC(=O)CCCCC(=O)OC(C)(C)C)cc1. The van der Waals surface area contributed by atoms with Gasteiger partial charge in [0.1, 0.15) is 12.2 Å². The Kier molecular flexibility index (Phi) is 12.9. The van der Waals surface area contributed by atoms with E-state index in [4.69, 9.17) is 37.8 Å². The van der Waals surface area contributed by atoms with Crippen LogP contribution in [-0.2, 0) is 19.1 Å². The zero-order chi connectivity index (χ0) is 34.0. The van der Waals surface area contributed by atoms with Crippen LogP contribution in [0.2, 0.25) is 10.0 Å². The molecule has 0 unspecified atom stereocenters. The first-order chi connectivity index (χ1) is 22.4. The molecule has 0 aliphatic carbocycles. The minimum Gasteiger partial charge on any atom is -0.465 e. The molecule has 1 saturated heterocycles. The van der Waals surface area contributed by atoms with Gasteiger partial charge in [0.2, 0.25) is 0 Å². The van der Waals surface area contributed by atoms with E-state index < -0.39 is 5.60 Å². The van der Waals surface area contributed by atoms with Gasteiger partial charge in [-0.1, -0.05) is 53.6 Å². The van der Waals surface area contributed by atoms with E-state index in [2.05, 4.69) is 17.3 Å². The molecular formula is C36H42Cl2N4O5. The molecule has 1 aliphatic rings. The summed E-state index contributed by atoms with van der Waals surface area (Å²) in [4.78, 5) is 37.1. The van der Waals surface area contributed by atoms with Gasteiger partial charge in [-0.2, -0.15) is 5.10 Å². The molecule has 0 radical (unpaired) electrons. The lowest BCUT2D eigenvalue weighted by molar-refractivity contribution is -0.155. The number of halogens is 2. The summed E-state index contributed by atoms with van der Waals surface area (Å²) in [5.41, 5.74) is 6.50. The number of amides is 1. The number of esters is 2. The molecule has 250 valence electrons. The number of ether oxygens (including phenoxy) is 2. The Morgan fingerprint density at radius 1 is 0.957 bits per heavy atom. The van der Waals surface area contributed by atoms with Crippen LogP contribution in [0.25, 0.3) is 16.9 Å². The van der Waals surface area contributed by atoms with Crippen molar-refractivity contribution in [3.63, 3.8) is 0 Å². The summed E-state index contributed by atoms with van der Waals surface area (Å²) < 4.78 is 12.2. The monoisotopic (exact) mass is 680 g/mol. The van der Waals surface area contributed by atoms with Crippen LogP contribution >= 0.6 is 23.2 Å². The summed E-state index contributed by atoms with van der Waals surface area (Å²) in [7, 11) is 0. The molecule has 2 heterocycles. The Bertz CT molecular complexity index is 1630. The average Bonchev–Trinajstić information content (AvgIpc) is 3.35. The molecular weight excluding hydrogens is 639 g/mol. The van der Waals surface area contributed by atoms with E-state index in [1.165, 1.54) is 0 Å². The molecule has 0 atom stereocenters. The molecule has 1 fully saturated rings. The van der Waals surface area contributed by atoms with Crippen molar-refractivity contribution in [3.8, 4) is 28.8 Å². The van der Waals surface area contributed by atoms with Crippen LogP contribution in [0.4, 0.5) is 0 Å². The fourth-order valence-corrected chi connectivity index (χ4v) is 5.66. The van der Waals surface area contributed by atoms with Crippen molar-refractivity contribution < 1.29 is 23.9 Å². The number of carbonyl (C=O) groups is 3. The molecule has 4 rings (SSSR count). The lowest BCUT2D eigenvalue weighted by atomic mass is 10.0. The zero-order valence-corrected chi connectivity index (χ0v) is 29.0. The predicted octanol–water partition coefficient (Wildman–Crippen LogP) is 7.47. The highest BCUT2D eigenvalue weighted by Gasteiger charge is 2.25. The third-order valence-corrected chi connectivity index (χ3v) is 7.94. The van der Waals surface area contributed by atoms with Gasteiger partial charge in [0.25, 0.3) is 5.91 Å². The number of nitrogens with zero attached hydrogens (tertiary/aromatic N) is 3. The third kappa shape index (κ3) is 10.9. The van der Waals surface area contributed by atoms with Gasteiger partial charge in [0.15, 0.2) is 5.69 Å². The molecule has 9 nitrogen and oxygen atoms in total. The van der Waals surface area contributed by atoms with E-state index in [0.29, 0.717) is 40.7 Å². The molecule has 2 aromatic carbocycles. The lowest BCUT2D eigenvalue weighted by Crippen LogP contribution is -2.45. The molecule has 1 aromatic heterocycles.